The molecule has 0 aliphatic rings. The molecule has 2 aromatic carbocycles. The molecule has 1 aromatic heterocycles. The van der Waals surface area contributed by atoms with Gasteiger partial charge in [0.25, 0.3) is 5.91 Å². The van der Waals surface area contributed by atoms with Crippen molar-refractivity contribution in [2.45, 2.75) is 10.4 Å². The highest BCUT2D eigenvalue weighted by Crippen LogP contribution is 2.31. The third-order valence-corrected chi connectivity index (χ3v) is 5.21. The molecule has 0 bridgehead atoms. The van der Waals surface area contributed by atoms with E-state index in [1.54, 1.807) is 29.5 Å². The fourth-order valence-corrected chi connectivity index (χ4v) is 3.56. The first kappa shape index (κ1) is 18.3. The highest BCUT2D eigenvalue weighted by molar-refractivity contribution is 8.02. The van der Waals surface area contributed by atoms with Crippen molar-refractivity contribution in [3.8, 4) is 0 Å². The topological polar surface area (TPSA) is 41.1 Å². The Balaban J connectivity index is 1.69. The molecule has 0 saturated carbocycles. The van der Waals surface area contributed by atoms with Gasteiger partial charge in [-0.1, -0.05) is 18.2 Å². The molecule has 3 nitrogen and oxygen atoms in total. The standard InChI is InChI=1S/C18H13F3N2OS2/c19-18(20,21)13-5-2-6-14(11-13)22-17(24)12-4-1-7-15(10-12)23-26-16-8-3-9-25-16/h1-11,23H,(H,22,24). The van der Waals surface area contributed by atoms with Crippen LogP contribution in [0.15, 0.2) is 70.3 Å². The first-order chi connectivity index (χ1) is 12.4. The van der Waals surface area contributed by atoms with Crippen molar-refractivity contribution in [2.75, 3.05) is 10.0 Å². The smallest absolute Gasteiger partial charge is 0.325 e. The van der Waals surface area contributed by atoms with Crippen LogP contribution in [-0.2, 0) is 6.18 Å². The molecular formula is C18H13F3N2OS2. The van der Waals surface area contributed by atoms with E-state index >= 15 is 0 Å². The van der Waals surface area contributed by atoms with Gasteiger partial charge in [-0.3, -0.25) is 4.79 Å². The summed E-state index contributed by atoms with van der Waals surface area (Å²) < 4.78 is 42.5. The van der Waals surface area contributed by atoms with E-state index in [2.05, 4.69) is 10.0 Å². The van der Waals surface area contributed by atoms with E-state index in [1.807, 2.05) is 23.6 Å². The van der Waals surface area contributed by atoms with Gasteiger partial charge in [0, 0.05) is 16.9 Å². The zero-order chi connectivity index (χ0) is 18.6. The summed E-state index contributed by atoms with van der Waals surface area (Å²) in [6.45, 7) is 0. The lowest BCUT2D eigenvalue weighted by molar-refractivity contribution is -0.137. The van der Waals surface area contributed by atoms with E-state index in [0.717, 1.165) is 22.0 Å². The predicted octanol–water partition coefficient (Wildman–Crippen LogP) is 6.14. The molecule has 0 fully saturated rings. The average molecular weight is 394 g/mol. The SMILES string of the molecule is O=C(Nc1cccc(C(F)(F)F)c1)c1cccc(NSc2cccs2)c1. The van der Waals surface area contributed by atoms with Gasteiger partial charge in [0.15, 0.2) is 0 Å². The second-order valence-electron chi connectivity index (χ2n) is 5.25. The van der Waals surface area contributed by atoms with E-state index in [4.69, 9.17) is 0 Å². The number of alkyl halides is 3. The number of carbonyl (C=O) groups is 1. The van der Waals surface area contributed by atoms with Crippen LogP contribution in [0.25, 0.3) is 0 Å². The Morgan fingerprint density at radius 3 is 2.46 bits per heavy atom. The van der Waals surface area contributed by atoms with Gasteiger partial charge < -0.3 is 10.0 Å². The zero-order valence-electron chi connectivity index (χ0n) is 13.2. The van der Waals surface area contributed by atoms with Gasteiger partial charge in [0.2, 0.25) is 0 Å². The van der Waals surface area contributed by atoms with Crippen LogP contribution >= 0.6 is 23.3 Å². The van der Waals surface area contributed by atoms with Crippen molar-refractivity contribution >= 4 is 40.6 Å². The number of rotatable bonds is 5. The van der Waals surface area contributed by atoms with Crippen molar-refractivity contribution < 1.29 is 18.0 Å². The molecule has 1 heterocycles. The van der Waals surface area contributed by atoms with Crippen LogP contribution in [0, 0.1) is 0 Å². The second kappa shape index (κ2) is 7.84. The fraction of sp³-hybridized carbons (Fsp3) is 0.0556. The Morgan fingerprint density at radius 1 is 0.962 bits per heavy atom. The Kier molecular flexibility index (Phi) is 5.53. The van der Waals surface area contributed by atoms with Gasteiger partial charge in [-0.05, 0) is 59.8 Å². The van der Waals surface area contributed by atoms with Gasteiger partial charge >= 0.3 is 6.18 Å². The summed E-state index contributed by atoms with van der Waals surface area (Å²) in [7, 11) is 0. The zero-order valence-corrected chi connectivity index (χ0v) is 14.8. The van der Waals surface area contributed by atoms with Crippen LogP contribution in [0.3, 0.4) is 0 Å². The highest BCUT2D eigenvalue weighted by Gasteiger charge is 2.30. The third-order valence-electron chi connectivity index (χ3n) is 3.34. The molecule has 2 N–H and O–H groups in total. The maximum absolute atomic E-state index is 12.8. The third kappa shape index (κ3) is 4.80. The summed E-state index contributed by atoms with van der Waals surface area (Å²) in [5, 5.41) is 4.46. The average Bonchev–Trinajstić information content (AvgIpc) is 3.13. The van der Waals surface area contributed by atoms with Crippen LogP contribution < -0.4 is 10.0 Å². The summed E-state index contributed by atoms with van der Waals surface area (Å²) in [6, 6.07) is 15.2. The van der Waals surface area contributed by atoms with Crippen molar-refractivity contribution in [3.63, 3.8) is 0 Å². The van der Waals surface area contributed by atoms with Crippen LogP contribution in [0.4, 0.5) is 24.5 Å². The molecule has 0 radical (unpaired) electrons. The molecule has 0 spiro atoms. The number of hydrogen-bond acceptors (Lipinski definition) is 4. The maximum atomic E-state index is 12.8. The van der Waals surface area contributed by atoms with Crippen LogP contribution in [0.2, 0.25) is 0 Å². The molecule has 0 unspecified atom stereocenters. The van der Waals surface area contributed by atoms with E-state index in [-0.39, 0.29) is 5.69 Å². The van der Waals surface area contributed by atoms with E-state index < -0.39 is 17.6 Å². The minimum Gasteiger partial charge on any atom is -0.325 e. The summed E-state index contributed by atoms with van der Waals surface area (Å²) in [5.74, 6) is -0.478. The molecule has 0 aliphatic heterocycles. The molecular weight excluding hydrogens is 381 g/mol. The lowest BCUT2D eigenvalue weighted by Gasteiger charge is -2.10. The lowest BCUT2D eigenvalue weighted by atomic mass is 10.1. The molecule has 0 aliphatic carbocycles. The molecule has 1 amide bonds. The number of carbonyl (C=O) groups excluding carboxylic acids is 1. The number of anilines is 2. The van der Waals surface area contributed by atoms with Crippen LogP contribution in [0.5, 0.6) is 0 Å². The molecule has 26 heavy (non-hydrogen) atoms. The van der Waals surface area contributed by atoms with Crippen molar-refractivity contribution in [1.82, 2.24) is 0 Å². The van der Waals surface area contributed by atoms with E-state index in [1.165, 1.54) is 24.1 Å². The van der Waals surface area contributed by atoms with Crippen molar-refractivity contribution in [3.05, 3.63) is 77.2 Å². The summed E-state index contributed by atoms with van der Waals surface area (Å²) in [6.07, 6.45) is -4.45. The second-order valence-corrected chi connectivity index (χ2v) is 7.30. The normalized spacial score (nSPS) is 11.2. The molecule has 134 valence electrons. The molecule has 3 aromatic rings. The van der Waals surface area contributed by atoms with Gasteiger partial charge in [-0.2, -0.15) is 13.2 Å². The van der Waals surface area contributed by atoms with Gasteiger partial charge in [0.1, 0.15) is 0 Å². The Labute approximate surface area is 156 Å². The Hall–Kier alpha value is -2.45. The van der Waals surface area contributed by atoms with Gasteiger partial charge in [-0.25, -0.2) is 0 Å². The maximum Gasteiger partial charge on any atom is 0.416 e. The highest BCUT2D eigenvalue weighted by atomic mass is 32.2. The minimum atomic E-state index is -4.45. The Morgan fingerprint density at radius 2 is 1.73 bits per heavy atom. The first-order valence-corrected chi connectivity index (χ1v) is 9.16. The molecule has 8 heteroatoms. The number of amides is 1. The number of halogens is 3. The van der Waals surface area contributed by atoms with Crippen LogP contribution in [-0.4, -0.2) is 5.91 Å². The fourth-order valence-electron chi connectivity index (χ4n) is 2.13. The molecule has 3 rings (SSSR count). The summed E-state index contributed by atoms with van der Waals surface area (Å²) >= 11 is 3.01. The van der Waals surface area contributed by atoms with Crippen LogP contribution in [0.1, 0.15) is 15.9 Å². The predicted molar refractivity (Wildman–Crippen MR) is 99.6 cm³/mol. The van der Waals surface area contributed by atoms with E-state index in [0.29, 0.717) is 5.56 Å². The van der Waals surface area contributed by atoms with Gasteiger partial charge in [0.05, 0.1) is 9.77 Å². The molecule has 0 atom stereocenters. The largest absolute Gasteiger partial charge is 0.416 e. The van der Waals surface area contributed by atoms with Gasteiger partial charge in [-0.15, -0.1) is 11.3 Å². The minimum absolute atomic E-state index is 0.0937. The summed E-state index contributed by atoms with van der Waals surface area (Å²) in [4.78, 5) is 12.3. The first-order valence-electron chi connectivity index (χ1n) is 7.47. The number of thiophene rings is 1. The van der Waals surface area contributed by atoms with Crippen molar-refractivity contribution in [1.29, 1.82) is 0 Å². The monoisotopic (exact) mass is 394 g/mol. The van der Waals surface area contributed by atoms with Crippen molar-refractivity contribution in [2.24, 2.45) is 0 Å². The number of hydrogen-bond donors (Lipinski definition) is 2. The number of benzene rings is 2. The number of nitrogens with one attached hydrogen (secondary N) is 2. The summed E-state index contributed by atoms with van der Waals surface area (Å²) in [5.41, 5.74) is 0.355. The lowest BCUT2D eigenvalue weighted by Crippen LogP contribution is -2.13. The molecule has 0 saturated heterocycles. The van der Waals surface area contributed by atoms with E-state index in [9.17, 15) is 18.0 Å². The Bertz CT molecular complexity index is 895. The quantitative estimate of drug-likeness (QED) is 0.511.